The van der Waals surface area contributed by atoms with Crippen LogP contribution in [-0.4, -0.2) is 22.0 Å². The molecule has 1 atom stereocenters. The molecule has 1 aromatic heterocycles. The largest absolute Gasteiger partial charge is 0.312 e. The molecule has 0 fully saturated rings. The first-order valence-electron chi connectivity index (χ1n) is 6.70. The summed E-state index contributed by atoms with van der Waals surface area (Å²) < 4.78 is 3.91. The zero-order chi connectivity index (χ0) is 14.7. The Bertz CT molecular complexity index is 571. The van der Waals surface area contributed by atoms with E-state index in [2.05, 4.69) is 61.3 Å². The average molecular weight is 402 g/mol. The Morgan fingerprint density at radius 1 is 1.25 bits per heavy atom. The Morgan fingerprint density at radius 2 is 1.90 bits per heavy atom. The third kappa shape index (κ3) is 2.82. The second-order valence-corrected chi connectivity index (χ2v) is 6.22. The van der Waals surface area contributed by atoms with Crippen molar-refractivity contribution in [1.29, 1.82) is 0 Å². The number of nitrogens with one attached hydrogen (secondary N) is 1. The van der Waals surface area contributed by atoms with E-state index in [1.807, 2.05) is 29.9 Å². The van der Waals surface area contributed by atoms with Crippen LogP contribution in [0.4, 0.5) is 0 Å². The molecule has 0 aliphatic carbocycles. The van der Waals surface area contributed by atoms with Gasteiger partial charge in [0.1, 0.15) is 5.69 Å². The monoisotopic (exact) mass is 400 g/mol. The molecule has 2 rings (SSSR count). The first-order chi connectivity index (χ1) is 9.63. The van der Waals surface area contributed by atoms with Crippen LogP contribution < -0.4 is 5.32 Å². The van der Waals surface area contributed by atoms with Crippen molar-refractivity contribution in [3.8, 4) is 5.69 Å². The van der Waals surface area contributed by atoms with Gasteiger partial charge < -0.3 is 5.32 Å². The van der Waals surface area contributed by atoms with Crippen LogP contribution in [0.25, 0.3) is 5.69 Å². The van der Waals surface area contributed by atoms with Crippen LogP contribution in [0, 0.1) is 0 Å². The Labute approximate surface area is 136 Å². The number of hydrogen-bond donors (Lipinski definition) is 1. The molecule has 0 saturated carbocycles. The highest BCUT2D eigenvalue weighted by atomic mass is 79.9. The van der Waals surface area contributed by atoms with Crippen molar-refractivity contribution in [2.75, 3.05) is 7.05 Å². The minimum atomic E-state index is 0.236. The molecule has 0 spiro atoms. The summed E-state index contributed by atoms with van der Waals surface area (Å²) in [5, 5.41) is 12.1. The maximum atomic E-state index is 4.40. The molecule has 1 aromatic carbocycles. The molecule has 6 heteroatoms. The van der Waals surface area contributed by atoms with Gasteiger partial charge >= 0.3 is 0 Å². The van der Waals surface area contributed by atoms with Gasteiger partial charge in [0.2, 0.25) is 0 Å². The third-order valence-electron chi connectivity index (χ3n) is 3.36. The molecule has 0 bridgehead atoms. The topological polar surface area (TPSA) is 42.7 Å². The molecule has 4 nitrogen and oxygen atoms in total. The molecular weight excluding hydrogens is 384 g/mol. The van der Waals surface area contributed by atoms with Gasteiger partial charge in [0.05, 0.1) is 17.4 Å². The molecule has 0 radical (unpaired) electrons. The molecule has 1 heterocycles. The van der Waals surface area contributed by atoms with Gasteiger partial charge in [0.15, 0.2) is 0 Å². The smallest absolute Gasteiger partial charge is 0.103 e. The lowest BCUT2D eigenvalue weighted by atomic mass is 10.1. The summed E-state index contributed by atoms with van der Waals surface area (Å²) in [6.07, 6.45) is 1.87. The number of halogens is 2. The van der Waals surface area contributed by atoms with Crippen LogP contribution in [0.3, 0.4) is 0 Å². The van der Waals surface area contributed by atoms with Crippen molar-refractivity contribution < 1.29 is 0 Å². The molecule has 2 aromatic rings. The van der Waals surface area contributed by atoms with Crippen LogP contribution in [0.1, 0.15) is 37.7 Å². The molecule has 0 aliphatic rings. The highest BCUT2D eigenvalue weighted by Crippen LogP contribution is 2.31. The fourth-order valence-electron chi connectivity index (χ4n) is 2.32. The predicted molar refractivity (Wildman–Crippen MR) is 88.2 cm³/mol. The van der Waals surface area contributed by atoms with Gasteiger partial charge in [-0.05, 0) is 63.9 Å². The third-order valence-corrected chi connectivity index (χ3v) is 4.64. The summed E-state index contributed by atoms with van der Waals surface area (Å²) >= 11 is 7.19. The minimum Gasteiger partial charge on any atom is -0.312 e. The van der Waals surface area contributed by atoms with Crippen LogP contribution in [0.15, 0.2) is 27.1 Å². The molecule has 108 valence electrons. The summed E-state index contributed by atoms with van der Waals surface area (Å²) in [5.41, 5.74) is 3.16. The summed E-state index contributed by atoms with van der Waals surface area (Å²) in [6.45, 7) is 4.28. The zero-order valence-corrected chi connectivity index (χ0v) is 15.0. The number of rotatable bonds is 5. The van der Waals surface area contributed by atoms with Crippen LogP contribution in [0.2, 0.25) is 0 Å². The summed E-state index contributed by atoms with van der Waals surface area (Å²) in [5.74, 6) is 0. The van der Waals surface area contributed by atoms with E-state index in [4.69, 9.17) is 0 Å². The van der Waals surface area contributed by atoms with Crippen molar-refractivity contribution in [3.63, 3.8) is 0 Å². The molecule has 20 heavy (non-hydrogen) atoms. The summed E-state index contributed by atoms with van der Waals surface area (Å²) in [7, 11) is 1.96. The fraction of sp³-hybridized carbons (Fsp3) is 0.429. The standard InChI is InChI=1S/C14H18Br2N4/c1-4-11(17-3)13-12(5-2)20(19-18-13)14-9(15)7-6-8-10(14)16/h6-8,11,17H,4-5H2,1-3H3. The Hall–Kier alpha value is -0.720. The lowest BCUT2D eigenvalue weighted by Crippen LogP contribution is -2.17. The number of aromatic nitrogens is 3. The van der Waals surface area contributed by atoms with E-state index in [0.29, 0.717) is 0 Å². The highest BCUT2D eigenvalue weighted by molar-refractivity contribution is 9.11. The second-order valence-electron chi connectivity index (χ2n) is 4.51. The van der Waals surface area contributed by atoms with E-state index in [1.54, 1.807) is 0 Å². The second kappa shape index (κ2) is 6.83. The Kier molecular flexibility index (Phi) is 5.35. The SMILES string of the molecule is CCc1c(C(CC)NC)nnn1-c1c(Br)cccc1Br. The molecular formula is C14H18Br2N4. The Balaban J connectivity index is 2.59. The van der Waals surface area contributed by atoms with Crippen LogP contribution in [0.5, 0.6) is 0 Å². The van der Waals surface area contributed by atoms with Crippen molar-refractivity contribution in [2.45, 2.75) is 32.7 Å². The first-order valence-corrected chi connectivity index (χ1v) is 8.28. The van der Waals surface area contributed by atoms with Gasteiger partial charge in [-0.15, -0.1) is 5.10 Å². The molecule has 0 aliphatic heterocycles. The van der Waals surface area contributed by atoms with E-state index in [1.165, 1.54) is 0 Å². The van der Waals surface area contributed by atoms with Crippen molar-refractivity contribution in [1.82, 2.24) is 20.3 Å². The number of benzene rings is 1. The Morgan fingerprint density at radius 3 is 2.40 bits per heavy atom. The van der Waals surface area contributed by atoms with E-state index < -0.39 is 0 Å². The van der Waals surface area contributed by atoms with E-state index in [-0.39, 0.29) is 6.04 Å². The van der Waals surface area contributed by atoms with Gasteiger partial charge in [0, 0.05) is 8.95 Å². The molecule has 0 saturated heterocycles. The van der Waals surface area contributed by atoms with Gasteiger partial charge in [-0.25, -0.2) is 4.68 Å². The van der Waals surface area contributed by atoms with Crippen molar-refractivity contribution in [2.24, 2.45) is 0 Å². The molecule has 0 amide bonds. The number of para-hydroxylation sites is 1. The summed E-state index contributed by atoms with van der Waals surface area (Å²) in [6, 6.07) is 6.25. The maximum Gasteiger partial charge on any atom is 0.103 e. The van der Waals surface area contributed by atoms with Crippen LogP contribution >= 0.6 is 31.9 Å². The molecule has 1 unspecified atom stereocenters. The average Bonchev–Trinajstić information content (AvgIpc) is 2.84. The van der Waals surface area contributed by atoms with Crippen LogP contribution in [-0.2, 0) is 6.42 Å². The normalized spacial score (nSPS) is 12.7. The highest BCUT2D eigenvalue weighted by Gasteiger charge is 2.21. The minimum absolute atomic E-state index is 0.236. The van der Waals surface area contributed by atoms with Gasteiger partial charge in [0.25, 0.3) is 0 Å². The van der Waals surface area contributed by atoms with E-state index >= 15 is 0 Å². The fourth-order valence-corrected chi connectivity index (χ4v) is 3.65. The van der Waals surface area contributed by atoms with Gasteiger partial charge in [-0.1, -0.05) is 25.1 Å². The zero-order valence-electron chi connectivity index (χ0n) is 11.8. The van der Waals surface area contributed by atoms with Crippen molar-refractivity contribution in [3.05, 3.63) is 38.5 Å². The quantitative estimate of drug-likeness (QED) is 0.822. The predicted octanol–water partition coefficient (Wildman–Crippen LogP) is 4.03. The molecule has 1 N–H and O–H groups in total. The lowest BCUT2D eigenvalue weighted by Gasteiger charge is -2.14. The first kappa shape index (κ1) is 15.7. The van der Waals surface area contributed by atoms with E-state index in [9.17, 15) is 0 Å². The van der Waals surface area contributed by atoms with Crippen molar-refractivity contribution >= 4 is 31.9 Å². The van der Waals surface area contributed by atoms with E-state index in [0.717, 1.165) is 38.9 Å². The summed E-state index contributed by atoms with van der Waals surface area (Å²) in [4.78, 5) is 0. The number of hydrogen-bond acceptors (Lipinski definition) is 3. The number of nitrogens with zero attached hydrogens (tertiary/aromatic N) is 3. The lowest BCUT2D eigenvalue weighted by molar-refractivity contribution is 0.555. The maximum absolute atomic E-state index is 4.40. The van der Waals surface area contributed by atoms with Gasteiger partial charge in [-0.2, -0.15) is 0 Å². The van der Waals surface area contributed by atoms with Gasteiger partial charge in [-0.3, -0.25) is 0 Å².